The summed E-state index contributed by atoms with van der Waals surface area (Å²) in [6.07, 6.45) is 8.19. The molecule has 31 heavy (non-hydrogen) atoms. The molecule has 2 aromatic heterocycles. The van der Waals surface area contributed by atoms with Crippen LogP contribution in [0.5, 0.6) is 0 Å². The first-order chi connectivity index (χ1) is 15.1. The Morgan fingerprint density at radius 3 is 2.16 bits per heavy atom. The van der Waals surface area contributed by atoms with E-state index in [-0.39, 0.29) is 17.1 Å². The molecule has 0 radical (unpaired) electrons. The molecule has 6 rings (SSSR count). The maximum atomic E-state index is 13.0. The highest BCUT2D eigenvalue weighted by Gasteiger charge is 2.33. The topological polar surface area (TPSA) is 54.9 Å². The van der Waals surface area contributed by atoms with Gasteiger partial charge in [-0.05, 0) is 59.9 Å². The van der Waals surface area contributed by atoms with Crippen LogP contribution in [0.3, 0.4) is 0 Å². The largest absolute Gasteiger partial charge is 0.354 e. The third-order valence-electron chi connectivity index (χ3n) is 7.08. The molecule has 1 fully saturated rings. The van der Waals surface area contributed by atoms with E-state index in [9.17, 15) is 9.59 Å². The van der Waals surface area contributed by atoms with Crippen LogP contribution in [0.25, 0.3) is 27.9 Å². The number of carbonyl (C=O) groups excluding carboxylic acids is 2. The van der Waals surface area contributed by atoms with Crippen molar-refractivity contribution in [2.75, 3.05) is 0 Å². The van der Waals surface area contributed by atoms with Crippen LogP contribution in [-0.4, -0.2) is 21.1 Å². The maximum Gasteiger partial charge on any atom is 0.197 e. The lowest BCUT2D eigenvalue weighted by Crippen LogP contribution is -2.08. The molecule has 0 amide bonds. The highest BCUT2D eigenvalue weighted by atomic mass is 16.2. The zero-order valence-corrected chi connectivity index (χ0v) is 17.6. The predicted octanol–water partition coefficient (Wildman–Crippen LogP) is 6.17. The van der Waals surface area contributed by atoms with Crippen LogP contribution < -0.4 is 0 Å². The standard InChI is InChI=1S/C27H24N2O2/c1-29-24(16-7-3-2-4-8-16)15-23-25(29)14-19(28-23)13-22-26(30)20-11-17-9-5-6-10-18(17)12-21(20)27(22)31/h5-6,9-16,28H,2-4,7-8H2,1H3. The van der Waals surface area contributed by atoms with E-state index >= 15 is 0 Å². The molecule has 1 saturated carbocycles. The number of carbonyl (C=O) groups is 2. The molecular formula is C27H24N2O2. The molecule has 0 unspecified atom stereocenters. The van der Waals surface area contributed by atoms with Gasteiger partial charge in [0.1, 0.15) is 0 Å². The van der Waals surface area contributed by atoms with Crippen molar-refractivity contribution in [3.8, 4) is 0 Å². The molecule has 0 atom stereocenters. The average Bonchev–Trinajstić information content (AvgIpc) is 3.41. The molecule has 2 aliphatic rings. The first-order valence-corrected chi connectivity index (χ1v) is 11.1. The number of rotatable bonds is 2. The van der Waals surface area contributed by atoms with Gasteiger partial charge in [-0.1, -0.05) is 43.5 Å². The summed E-state index contributed by atoms with van der Waals surface area (Å²) in [5.74, 6) is 0.252. The quantitative estimate of drug-likeness (QED) is 0.318. The predicted molar refractivity (Wildman–Crippen MR) is 124 cm³/mol. The number of aryl methyl sites for hydroxylation is 1. The van der Waals surface area contributed by atoms with Crippen molar-refractivity contribution < 1.29 is 9.59 Å². The maximum absolute atomic E-state index is 13.0. The molecule has 2 aliphatic carbocycles. The van der Waals surface area contributed by atoms with Crippen LogP contribution in [-0.2, 0) is 7.05 Å². The summed E-state index contributed by atoms with van der Waals surface area (Å²) in [5, 5.41) is 1.95. The first kappa shape index (κ1) is 18.4. The van der Waals surface area contributed by atoms with Gasteiger partial charge in [-0.3, -0.25) is 9.59 Å². The second-order valence-electron chi connectivity index (χ2n) is 8.95. The Bertz CT molecular complexity index is 1350. The second kappa shape index (κ2) is 6.81. The van der Waals surface area contributed by atoms with E-state index in [0.29, 0.717) is 17.0 Å². The molecule has 1 N–H and O–H groups in total. The normalized spacial score (nSPS) is 17.1. The van der Waals surface area contributed by atoms with Gasteiger partial charge in [0.2, 0.25) is 0 Å². The van der Waals surface area contributed by atoms with Crippen molar-refractivity contribution in [1.29, 1.82) is 0 Å². The van der Waals surface area contributed by atoms with Crippen molar-refractivity contribution in [2.45, 2.75) is 38.0 Å². The highest BCUT2D eigenvalue weighted by Crippen LogP contribution is 2.36. The molecule has 2 aromatic carbocycles. The third-order valence-corrected chi connectivity index (χ3v) is 7.08. The number of Topliss-reactive ketones (excluding diaryl/α,β-unsaturated/α-hetero) is 2. The minimum atomic E-state index is -0.188. The van der Waals surface area contributed by atoms with Crippen LogP contribution in [0.2, 0.25) is 0 Å². The molecule has 4 nitrogen and oxygen atoms in total. The Morgan fingerprint density at radius 2 is 1.55 bits per heavy atom. The molecule has 0 aliphatic heterocycles. The van der Waals surface area contributed by atoms with Gasteiger partial charge in [0, 0.05) is 29.6 Å². The summed E-state index contributed by atoms with van der Waals surface area (Å²) < 4.78 is 2.27. The molecule has 4 aromatic rings. The minimum absolute atomic E-state index is 0.188. The Labute approximate surface area is 180 Å². The van der Waals surface area contributed by atoms with Gasteiger partial charge in [0.15, 0.2) is 11.6 Å². The van der Waals surface area contributed by atoms with E-state index in [4.69, 9.17) is 0 Å². The molecule has 0 spiro atoms. The van der Waals surface area contributed by atoms with Gasteiger partial charge in [-0.2, -0.15) is 0 Å². The Kier molecular flexibility index (Phi) is 4.04. The fraction of sp³-hybridized carbons (Fsp3) is 0.259. The zero-order valence-electron chi connectivity index (χ0n) is 17.6. The molecular weight excluding hydrogens is 384 g/mol. The SMILES string of the molecule is Cn1c(C2CCCCC2)cc2[nH]c(C=C3C(=O)c4cc5ccccc5cc4C3=O)cc21. The lowest BCUT2D eigenvalue weighted by Gasteiger charge is -2.22. The molecule has 0 saturated heterocycles. The number of allylic oxidation sites excluding steroid dienone is 1. The van der Waals surface area contributed by atoms with E-state index < -0.39 is 0 Å². The third kappa shape index (κ3) is 2.82. The van der Waals surface area contributed by atoms with Gasteiger partial charge in [-0.25, -0.2) is 0 Å². The fourth-order valence-electron chi connectivity index (χ4n) is 5.42. The van der Waals surface area contributed by atoms with E-state index in [1.165, 1.54) is 37.8 Å². The average molecular weight is 409 g/mol. The van der Waals surface area contributed by atoms with E-state index in [1.807, 2.05) is 36.4 Å². The number of hydrogen-bond acceptors (Lipinski definition) is 2. The van der Waals surface area contributed by atoms with Crippen molar-refractivity contribution in [2.24, 2.45) is 7.05 Å². The number of ketones is 2. The Balaban J connectivity index is 1.38. The molecule has 4 heteroatoms. The molecule has 0 bridgehead atoms. The number of H-pyrrole nitrogens is 1. The Hall–Kier alpha value is -3.40. The summed E-state index contributed by atoms with van der Waals surface area (Å²) in [5.41, 5.74) is 5.61. The first-order valence-electron chi connectivity index (χ1n) is 11.1. The summed E-state index contributed by atoms with van der Waals surface area (Å²) in [6.45, 7) is 0. The van der Waals surface area contributed by atoms with Crippen LogP contribution >= 0.6 is 0 Å². The van der Waals surface area contributed by atoms with E-state index in [2.05, 4.69) is 28.7 Å². The number of nitrogens with one attached hydrogen (secondary N) is 1. The number of benzene rings is 2. The summed E-state index contributed by atoms with van der Waals surface area (Å²) in [4.78, 5) is 29.5. The summed E-state index contributed by atoms with van der Waals surface area (Å²) in [6, 6.07) is 15.8. The van der Waals surface area contributed by atoms with Gasteiger partial charge in [-0.15, -0.1) is 0 Å². The van der Waals surface area contributed by atoms with Crippen molar-refractivity contribution in [3.63, 3.8) is 0 Å². The fourth-order valence-corrected chi connectivity index (χ4v) is 5.42. The molecule has 2 heterocycles. The highest BCUT2D eigenvalue weighted by molar-refractivity contribution is 6.42. The lowest BCUT2D eigenvalue weighted by atomic mass is 9.87. The van der Waals surface area contributed by atoms with Gasteiger partial charge >= 0.3 is 0 Å². The lowest BCUT2D eigenvalue weighted by molar-refractivity contribution is 0.0990. The van der Waals surface area contributed by atoms with Gasteiger partial charge in [0.25, 0.3) is 0 Å². The van der Waals surface area contributed by atoms with Crippen LogP contribution in [0.4, 0.5) is 0 Å². The van der Waals surface area contributed by atoms with E-state index in [0.717, 1.165) is 27.5 Å². The number of hydrogen-bond donors (Lipinski definition) is 1. The zero-order chi connectivity index (χ0) is 21.1. The summed E-state index contributed by atoms with van der Waals surface area (Å²) in [7, 11) is 2.12. The van der Waals surface area contributed by atoms with Crippen LogP contribution in [0, 0.1) is 0 Å². The van der Waals surface area contributed by atoms with Gasteiger partial charge in [0.05, 0.1) is 16.6 Å². The van der Waals surface area contributed by atoms with Crippen molar-refractivity contribution in [3.05, 3.63) is 76.6 Å². The monoisotopic (exact) mass is 408 g/mol. The van der Waals surface area contributed by atoms with Crippen molar-refractivity contribution >= 4 is 39.4 Å². The molecule has 154 valence electrons. The minimum Gasteiger partial charge on any atom is -0.354 e. The number of nitrogens with zero attached hydrogens (tertiary/aromatic N) is 1. The van der Waals surface area contributed by atoms with Crippen LogP contribution in [0.15, 0.2) is 54.1 Å². The summed E-state index contributed by atoms with van der Waals surface area (Å²) >= 11 is 0. The van der Waals surface area contributed by atoms with Crippen LogP contribution in [0.1, 0.15) is 70.1 Å². The van der Waals surface area contributed by atoms with Gasteiger partial charge < -0.3 is 9.55 Å². The number of aromatic amines is 1. The Morgan fingerprint density at radius 1 is 0.903 bits per heavy atom. The second-order valence-corrected chi connectivity index (χ2v) is 8.95. The number of aromatic nitrogens is 2. The smallest absolute Gasteiger partial charge is 0.197 e. The van der Waals surface area contributed by atoms with Crippen molar-refractivity contribution in [1.82, 2.24) is 9.55 Å². The van der Waals surface area contributed by atoms with E-state index in [1.54, 1.807) is 6.08 Å². The number of fused-ring (bicyclic) bond motifs is 3.